The van der Waals surface area contributed by atoms with Crippen LogP contribution in [0.2, 0.25) is 0 Å². The number of nitrogens with one attached hydrogen (secondary N) is 1. The van der Waals surface area contributed by atoms with E-state index < -0.39 is 6.10 Å². The number of nitrogens with zero attached hydrogens (tertiary/aromatic N) is 1. The summed E-state index contributed by atoms with van der Waals surface area (Å²) in [6, 6.07) is 7.33. The standard InChI is InChI=1S/C12H11BrN2O2S/c1-8(11(16)15-12-14-6-7-18-12)17-10-4-2-9(13)3-5-10/h2-8H,1H3,(H,14,15,16)/t8-/m0/s1. The first-order valence-corrected chi connectivity index (χ1v) is 6.95. The van der Waals surface area contributed by atoms with Crippen molar-refractivity contribution in [3.63, 3.8) is 0 Å². The maximum absolute atomic E-state index is 11.8. The Morgan fingerprint density at radius 1 is 1.44 bits per heavy atom. The highest BCUT2D eigenvalue weighted by Crippen LogP contribution is 2.18. The fourth-order valence-corrected chi connectivity index (χ4v) is 2.06. The Kier molecular flexibility index (Phi) is 4.33. The number of rotatable bonds is 4. The molecule has 0 unspecified atom stereocenters. The van der Waals surface area contributed by atoms with Gasteiger partial charge in [0.2, 0.25) is 0 Å². The normalized spacial score (nSPS) is 11.9. The van der Waals surface area contributed by atoms with E-state index in [1.54, 1.807) is 30.6 Å². The van der Waals surface area contributed by atoms with E-state index in [1.165, 1.54) is 11.3 Å². The minimum absolute atomic E-state index is 0.215. The molecule has 0 saturated heterocycles. The van der Waals surface area contributed by atoms with Crippen molar-refractivity contribution < 1.29 is 9.53 Å². The molecular formula is C12H11BrN2O2S. The lowest BCUT2D eigenvalue weighted by molar-refractivity contribution is -0.122. The van der Waals surface area contributed by atoms with Gasteiger partial charge in [0, 0.05) is 16.0 Å². The summed E-state index contributed by atoms with van der Waals surface area (Å²) in [5.74, 6) is 0.438. The van der Waals surface area contributed by atoms with Gasteiger partial charge >= 0.3 is 0 Å². The topological polar surface area (TPSA) is 51.2 Å². The van der Waals surface area contributed by atoms with Crippen molar-refractivity contribution in [3.05, 3.63) is 40.3 Å². The first-order valence-electron chi connectivity index (χ1n) is 5.28. The Bertz CT molecular complexity index is 513. The van der Waals surface area contributed by atoms with E-state index in [2.05, 4.69) is 26.2 Å². The van der Waals surface area contributed by atoms with E-state index in [1.807, 2.05) is 12.1 Å². The second kappa shape index (κ2) is 5.97. The molecule has 0 spiro atoms. The van der Waals surface area contributed by atoms with Crippen LogP contribution in [0, 0.1) is 0 Å². The zero-order valence-corrected chi connectivity index (χ0v) is 12.0. The van der Waals surface area contributed by atoms with Crippen molar-refractivity contribution in [2.24, 2.45) is 0 Å². The Labute approximate surface area is 117 Å². The number of amides is 1. The lowest BCUT2D eigenvalue weighted by Gasteiger charge is -2.13. The molecule has 1 amide bonds. The van der Waals surface area contributed by atoms with Crippen molar-refractivity contribution in [1.29, 1.82) is 0 Å². The quantitative estimate of drug-likeness (QED) is 0.937. The van der Waals surface area contributed by atoms with Crippen LogP contribution in [0.4, 0.5) is 5.13 Å². The zero-order valence-electron chi connectivity index (χ0n) is 9.59. The number of hydrogen-bond acceptors (Lipinski definition) is 4. The molecule has 0 saturated carbocycles. The van der Waals surface area contributed by atoms with Crippen LogP contribution in [0.15, 0.2) is 40.3 Å². The molecule has 0 radical (unpaired) electrons. The van der Waals surface area contributed by atoms with E-state index in [0.29, 0.717) is 10.9 Å². The van der Waals surface area contributed by atoms with Crippen LogP contribution < -0.4 is 10.1 Å². The summed E-state index contributed by atoms with van der Waals surface area (Å²) in [4.78, 5) is 15.8. The first kappa shape index (κ1) is 13.0. The van der Waals surface area contributed by atoms with Crippen molar-refractivity contribution in [1.82, 2.24) is 4.98 Å². The molecular weight excluding hydrogens is 316 g/mol. The van der Waals surface area contributed by atoms with Crippen LogP contribution in [0.25, 0.3) is 0 Å². The lowest BCUT2D eigenvalue weighted by Crippen LogP contribution is -2.30. The number of halogens is 1. The van der Waals surface area contributed by atoms with Crippen LogP contribution in [0.1, 0.15) is 6.92 Å². The van der Waals surface area contributed by atoms with E-state index in [4.69, 9.17) is 4.74 Å². The van der Waals surface area contributed by atoms with Gasteiger partial charge in [-0.2, -0.15) is 0 Å². The van der Waals surface area contributed by atoms with Crippen molar-refractivity contribution in [2.75, 3.05) is 5.32 Å². The predicted molar refractivity (Wildman–Crippen MR) is 75.0 cm³/mol. The largest absolute Gasteiger partial charge is 0.481 e. The molecule has 1 N–H and O–H groups in total. The van der Waals surface area contributed by atoms with Gasteiger partial charge in [0.15, 0.2) is 11.2 Å². The number of benzene rings is 1. The van der Waals surface area contributed by atoms with Gasteiger partial charge in [0.1, 0.15) is 5.75 Å². The molecule has 2 aromatic rings. The third-order valence-corrected chi connectivity index (χ3v) is 3.38. The molecule has 0 aliphatic heterocycles. The highest BCUT2D eigenvalue weighted by atomic mass is 79.9. The molecule has 0 aliphatic rings. The predicted octanol–water partition coefficient (Wildman–Crippen LogP) is 3.31. The smallest absolute Gasteiger partial charge is 0.266 e. The molecule has 2 rings (SSSR count). The van der Waals surface area contributed by atoms with Gasteiger partial charge in [0.05, 0.1) is 0 Å². The summed E-state index contributed by atoms with van der Waals surface area (Å²) >= 11 is 4.71. The fourth-order valence-electron chi connectivity index (χ4n) is 1.26. The summed E-state index contributed by atoms with van der Waals surface area (Å²) < 4.78 is 6.49. The van der Waals surface area contributed by atoms with Crippen LogP contribution in [0.5, 0.6) is 5.75 Å². The number of carbonyl (C=O) groups is 1. The number of anilines is 1. The minimum Gasteiger partial charge on any atom is -0.481 e. The second-order valence-corrected chi connectivity index (χ2v) is 5.35. The van der Waals surface area contributed by atoms with E-state index in [0.717, 1.165) is 4.47 Å². The molecule has 0 bridgehead atoms. The molecule has 94 valence electrons. The minimum atomic E-state index is -0.574. The number of hydrogen-bond donors (Lipinski definition) is 1. The Balaban J connectivity index is 1.93. The van der Waals surface area contributed by atoms with Crippen LogP contribution >= 0.6 is 27.3 Å². The molecule has 4 nitrogen and oxygen atoms in total. The van der Waals surface area contributed by atoms with Gasteiger partial charge in [-0.25, -0.2) is 4.98 Å². The van der Waals surface area contributed by atoms with Gasteiger partial charge in [-0.05, 0) is 31.2 Å². The second-order valence-electron chi connectivity index (χ2n) is 3.54. The monoisotopic (exact) mass is 326 g/mol. The zero-order chi connectivity index (χ0) is 13.0. The van der Waals surface area contributed by atoms with Gasteiger partial charge in [-0.15, -0.1) is 11.3 Å². The molecule has 0 aliphatic carbocycles. The summed E-state index contributed by atoms with van der Waals surface area (Å²) in [6.07, 6.45) is 1.07. The molecule has 1 heterocycles. The molecule has 1 aromatic heterocycles. The van der Waals surface area contributed by atoms with E-state index >= 15 is 0 Å². The number of thiazole rings is 1. The summed E-state index contributed by atoms with van der Waals surface area (Å²) in [6.45, 7) is 1.70. The van der Waals surface area contributed by atoms with Crippen LogP contribution in [0.3, 0.4) is 0 Å². The van der Waals surface area contributed by atoms with Crippen LogP contribution in [-0.4, -0.2) is 17.0 Å². The first-order chi connectivity index (χ1) is 8.65. The van der Waals surface area contributed by atoms with Crippen molar-refractivity contribution in [3.8, 4) is 5.75 Å². The van der Waals surface area contributed by atoms with Crippen LogP contribution in [-0.2, 0) is 4.79 Å². The maximum atomic E-state index is 11.8. The highest BCUT2D eigenvalue weighted by molar-refractivity contribution is 9.10. The van der Waals surface area contributed by atoms with E-state index in [-0.39, 0.29) is 5.91 Å². The number of aromatic nitrogens is 1. The fraction of sp³-hybridized carbons (Fsp3) is 0.167. The summed E-state index contributed by atoms with van der Waals surface area (Å²) in [5, 5.41) is 5.06. The van der Waals surface area contributed by atoms with Gasteiger partial charge < -0.3 is 4.74 Å². The molecule has 18 heavy (non-hydrogen) atoms. The SMILES string of the molecule is C[C@H](Oc1ccc(Br)cc1)C(=O)Nc1nccs1. The van der Waals surface area contributed by atoms with Crippen molar-refractivity contribution in [2.45, 2.75) is 13.0 Å². The average molecular weight is 327 g/mol. The van der Waals surface area contributed by atoms with E-state index in [9.17, 15) is 4.79 Å². The molecule has 6 heteroatoms. The molecule has 1 atom stereocenters. The number of ether oxygens (including phenoxy) is 1. The number of carbonyl (C=O) groups excluding carboxylic acids is 1. The van der Waals surface area contributed by atoms with Gasteiger partial charge in [-0.1, -0.05) is 15.9 Å². The average Bonchev–Trinajstić information content (AvgIpc) is 2.85. The highest BCUT2D eigenvalue weighted by Gasteiger charge is 2.15. The third-order valence-electron chi connectivity index (χ3n) is 2.16. The van der Waals surface area contributed by atoms with Crippen molar-refractivity contribution >= 4 is 38.3 Å². The summed E-state index contributed by atoms with van der Waals surface area (Å²) in [5.41, 5.74) is 0. The maximum Gasteiger partial charge on any atom is 0.266 e. The molecule has 0 fully saturated rings. The summed E-state index contributed by atoms with van der Waals surface area (Å²) in [7, 11) is 0. The Morgan fingerprint density at radius 2 is 2.17 bits per heavy atom. The Hall–Kier alpha value is -1.40. The van der Waals surface area contributed by atoms with Gasteiger partial charge in [-0.3, -0.25) is 10.1 Å². The van der Waals surface area contributed by atoms with Gasteiger partial charge in [0.25, 0.3) is 5.91 Å². The Morgan fingerprint density at radius 3 is 2.78 bits per heavy atom. The third kappa shape index (κ3) is 3.54. The lowest BCUT2D eigenvalue weighted by atomic mass is 10.3. The molecule has 1 aromatic carbocycles.